The number of nitrogens with one attached hydrogen (secondary N) is 1. The van der Waals surface area contributed by atoms with Crippen molar-refractivity contribution in [2.45, 2.75) is 12.7 Å². The molecular formula is C18H18N2O2S2. The van der Waals surface area contributed by atoms with Crippen molar-refractivity contribution in [1.29, 1.82) is 0 Å². The molecular weight excluding hydrogens is 340 g/mol. The summed E-state index contributed by atoms with van der Waals surface area (Å²) < 4.78 is 6.46. The van der Waals surface area contributed by atoms with E-state index >= 15 is 0 Å². The summed E-state index contributed by atoms with van der Waals surface area (Å²) >= 11 is 3.24. The Kier molecular flexibility index (Phi) is 5.37. The van der Waals surface area contributed by atoms with Gasteiger partial charge in [-0.05, 0) is 36.8 Å². The molecule has 0 aliphatic rings. The average Bonchev–Trinajstić information content (AvgIpc) is 2.97. The summed E-state index contributed by atoms with van der Waals surface area (Å²) in [6.45, 7) is 1.98. The number of aryl methyl sites for hydroxylation is 1. The molecule has 3 rings (SSSR count). The quantitative estimate of drug-likeness (QED) is 0.705. The van der Waals surface area contributed by atoms with Crippen molar-refractivity contribution in [2.75, 3.05) is 18.2 Å². The second kappa shape index (κ2) is 7.68. The fraction of sp³-hybridized carbons (Fsp3) is 0.222. The van der Waals surface area contributed by atoms with Gasteiger partial charge in [0.25, 0.3) is 0 Å². The van der Waals surface area contributed by atoms with Gasteiger partial charge < -0.3 is 10.1 Å². The predicted octanol–water partition coefficient (Wildman–Crippen LogP) is 4.49. The first-order valence-corrected chi connectivity index (χ1v) is 9.49. The minimum absolute atomic E-state index is 0.0370. The molecule has 1 N–H and O–H groups in total. The molecule has 0 saturated heterocycles. The number of para-hydroxylation sites is 1. The summed E-state index contributed by atoms with van der Waals surface area (Å²) in [6, 6.07) is 13.8. The number of fused-ring (bicyclic) bond motifs is 1. The number of hydrogen-bond donors (Lipinski definition) is 1. The number of thiazole rings is 1. The Labute approximate surface area is 149 Å². The minimum Gasteiger partial charge on any atom is -0.495 e. The molecule has 1 heterocycles. The van der Waals surface area contributed by atoms with Crippen LogP contribution in [0.15, 0.2) is 42.5 Å². The van der Waals surface area contributed by atoms with E-state index in [4.69, 9.17) is 4.74 Å². The van der Waals surface area contributed by atoms with Crippen LogP contribution in [0.5, 0.6) is 5.75 Å². The topological polar surface area (TPSA) is 51.2 Å². The van der Waals surface area contributed by atoms with Crippen molar-refractivity contribution in [2.24, 2.45) is 0 Å². The zero-order chi connectivity index (χ0) is 16.9. The Bertz CT molecular complexity index is 828. The van der Waals surface area contributed by atoms with Crippen molar-refractivity contribution in [3.8, 4) is 5.75 Å². The Morgan fingerprint density at radius 2 is 2.12 bits per heavy atom. The molecule has 0 saturated carbocycles. The molecule has 124 valence electrons. The van der Waals surface area contributed by atoms with Crippen molar-refractivity contribution in [3.05, 3.63) is 53.0 Å². The Hall–Kier alpha value is -2.05. The molecule has 24 heavy (non-hydrogen) atoms. The van der Waals surface area contributed by atoms with E-state index in [0.29, 0.717) is 17.2 Å². The lowest BCUT2D eigenvalue weighted by atomic mass is 10.2. The van der Waals surface area contributed by atoms with E-state index in [9.17, 15) is 4.79 Å². The average molecular weight is 358 g/mol. The number of anilines is 1. The van der Waals surface area contributed by atoms with Crippen LogP contribution < -0.4 is 10.1 Å². The third-order valence-corrected chi connectivity index (χ3v) is 5.59. The molecule has 0 fully saturated rings. The fourth-order valence-electron chi connectivity index (χ4n) is 2.32. The van der Waals surface area contributed by atoms with Gasteiger partial charge in [0, 0.05) is 5.75 Å². The molecule has 4 nitrogen and oxygen atoms in total. The molecule has 2 aromatic carbocycles. The maximum Gasteiger partial charge on any atom is 0.234 e. The van der Waals surface area contributed by atoms with Gasteiger partial charge in [-0.1, -0.05) is 18.2 Å². The molecule has 1 amide bonds. The smallest absolute Gasteiger partial charge is 0.234 e. The second-order valence-electron chi connectivity index (χ2n) is 5.32. The number of methoxy groups -OCH3 is 1. The van der Waals surface area contributed by atoms with Gasteiger partial charge in [0.05, 0.1) is 28.8 Å². The third-order valence-electron chi connectivity index (χ3n) is 3.43. The van der Waals surface area contributed by atoms with E-state index in [0.717, 1.165) is 21.8 Å². The fourth-order valence-corrected chi connectivity index (χ4v) is 4.17. The van der Waals surface area contributed by atoms with Crippen LogP contribution in [0.3, 0.4) is 0 Å². The van der Waals surface area contributed by atoms with Gasteiger partial charge in [-0.2, -0.15) is 0 Å². The first kappa shape index (κ1) is 16.8. The molecule has 0 unspecified atom stereocenters. The number of thioether (sulfide) groups is 1. The Balaban J connectivity index is 1.55. The highest BCUT2D eigenvalue weighted by molar-refractivity contribution is 7.99. The van der Waals surface area contributed by atoms with Crippen LogP contribution in [0.25, 0.3) is 10.2 Å². The SMILES string of the molecule is COc1ccc(C)cc1NC(=O)CSCc1nc2ccccc2s1. The summed E-state index contributed by atoms with van der Waals surface area (Å²) in [6.07, 6.45) is 0. The first-order chi connectivity index (χ1) is 11.7. The number of nitrogens with zero attached hydrogens (tertiary/aromatic N) is 1. The predicted molar refractivity (Wildman–Crippen MR) is 102 cm³/mol. The molecule has 6 heteroatoms. The molecule has 3 aromatic rings. The number of benzene rings is 2. The van der Waals surface area contributed by atoms with Crippen LogP contribution in [-0.4, -0.2) is 23.8 Å². The summed E-state index contributed by atoms with van der Waals surface area (Å²) in [5.74, 6) is 1.75. The second-order valence-corrected chi connectivity index (χ2v) is 7.42. The lowest BCUT2D eigenvalue weighted by molar-refractivity contribution is -0.113. The van der Waals surface area contributed by atoms with Crippen LogP contribution in [0.2, 0.25) is 0 Å². The van der Waals surface area contributed by atoms with E-state index in [-0.39, 0.29) is 5.91 Å². The lowest BCUT2D eigenvalue weighted by Crippen LogP contribution is -2.15. The standard InChI is InChI=1S/C18H18N2O2S2/c1-12-7-8-15(22-2)14(9-12)19-17(21)10-23-11-18-20-13-5-3-4-6-16(13)24-18/h3-9H,10-11H2,1-2H3,(H,19,21). The third kappa shape index (κ3) is 4.07. The van der Waals surface area contributed by atoms with E-state index in [1.807, 2.05) is 43.3 Å². The largest absolute Gasteiger partial charge is 0.495 e. The van der Waals surface area contributed by atoms with Crippen molar-refractivity contribution >= 4 is 44.9 Å². The van der Waals surface area contributed by atoms with Gasteiger partial charge in [-0.3, -0.25) is 4.79 Å². The molecule has 0 atom stereocenters. The molecule has 0 bridgehead atoms. The minimum atomic E-state index is -0.0370. The zero-order valence-corrected chi connectivity index (χ0v) is 15.2. The highest BCUT2D eigenvalue weighted by Crippen LogP contribution is 2.27. The number of carbonyl (C=O) groups is 1. The Morgan fingerprint density at radius 1 is 1.29 bits per heavy atom. The van der Waals surface area contributed by atoms with Crippen molar-refractivity contribution < 1.29 is 9.53 Å². The number of amides is 1. The highest BCUT2D eigenvalue weighted by Gasteiger charge is 2.09. The maximum atomic E-state index is 12.1. The lowest BCUT2D eigenvalue weighted by Gasteiger charge is -2.10. The van der Waals surface area contributed by atoms with Crippen LogP contribution >= 0.6 is 23.1 Å². The molecule has 0 radical (unpaired) electrons. The Morgan fingerprint density at radius 3 is 2.92 bits per heavy atom. The molecule has 1 aromatic heterocycles. The van der Waals surface area contributed by atoms with Crippen LogP contribution in [0.4, 0.5) is 5.69 Å². The summed E-state index contributed by atoms with van der Waals surface area (Å²) in [5.41, 5.74) is 2.81. The van der Waals surface area contributed by atoms with E-state index in [2.05, 4.69) is 16.4 Å². The summed E-state index contributed by atoms with van der Waals surface area (Å²) in [4.78, 5) is 16.7. The van der Waals surface area contributed by atoms with Crippen LogP contribution in [-0.2, 0) is 10.5 Å². The number of ether oxygens (including phenoxy) is 1. The van der Waals surface area contributed by atoms with Gasteiger partial charge in [0.1, 0.15) is 10.8 Å². The number of aromatic nitrogens is 1. The van der Waals surface area contributed by atoms with Gasteiger partial charge in [0.15, 0.2) is 0 Å². The first-order valence-electron chi connectivity index (χ1n) is 7.52. The van der Waals surface area contributed by atoms with Crippen LogP contribution in [0, 0.1) is 6.92 Å². The van der Waals surface area contributed by atoms with Crippen LogP contribution in [0.1, 0.15) is 10.6 Å². The molecule has 0 spiro atoms. The van der Waals surface area contributed by atoms with Crippen molar-refractivity contribution in [3.63, 3.8) is 0 Å². The van der Waals surface area contributed by atoms with E-state index in [1.165, 1.54) is 4.70 Å². The number of rotatable bonds is 6. The zero-order valence-electron chi connectivity index (χ0n) is 13.5. The van der Waals surface area contributed by atoms with Crippen molar-refractivity contribution in [1.82, 2.24) is 4.98 Å². The van der Waals surface area contributed by atoms with Gasteiger partial charge in [-0.25, -0.2) is 4.98 Å². The van der Waals surface area contributed by atoms with Gasteiger partial charge in [0.2, 0.25) is 5.91 Å². The monoisotopic (exact) mass is 358 g/mol. The van der Waals surface area contributed by atoms with E-state index in [1.54, 1.807) is 30.2 Å². The van der Waals surface area contributed by atoms with Gasteiger partial charge in [-0.15, -0.1) is 23.1 Å². The number of hydrogen-bond acceptors (Lipinski definition) is 5. The summed E-state index contributed by atoms with van der Waals surface area (Å²) in [7, 11) is 1.60. The van der Waals surface area contributed by atoms with E-state index < -0.39 is 0 Å². The maximum absolute atomic E-state index is 12.1. The number of carbonyl (C=O) groups excluding carboxylic acids is 1. The highest BCUT2D eigenvalue weighted by atomic mass is 32.2. The van der Waals surface area contributed by atoms with Gasteiger partial charge >= 0.3 is 0 Å². The summed E-state index contributed by atoms with van der Waals surface area (Å²) in [5, 5.41) is 3.96. The molecule has 0 aliphatic carbocycles. The normalized spacial score (nSPS) is 10.8. The molecule has 0 aliphatic heterocycles.